The number of rotatable bonds is 8. The van der Waals surface area contributed by atoms with Crippen molar-refractivity contribution in [1.29, 1.82) is 0 Å². The summed E-state index contributed by atoms with van der Waals surface area (Å²) in [5.74, 6) is 0.343. The van der Waals surface area contributed by atoms with Gasteiger partial charge in [-0.2, -0.15) is 13.2 Å². The maximum atomic E-state index is 12.5. The number of benzene rings is 1. The summed E-state index contributed by atoms with van der Waals surface area (Å²) in [6.45, 7) is 2.66. The van der Waals surface area contributed by atoms with Gasteiger partial charge in [-0.1, -0.05) is 30.0 Å². The van der Waals surface area contributed by atoms with Crippen LogP contribution < -0.4 is 10.6 Å². The molecule has 6 nitrogen and oxygen atoms in total. The maximum absolute atomic E-state index is 12.5. The van der Waals surface area contributed by atoms with E-state index in [9.17, 15) is 18.0 Å². The summed E-state index contributed by atoms with van der Waals surface area (Å²) in [7, 11) is 0. The van der Waals surface area contributed by atoms with Crippen LogP contribution in [-0.2, 0) is 11.0 Å². The molecular weight excluding hydrogens is 415 g/mol. The van der Waals surface area contributed by atoms with Crippen LogP contribution in [0.1, 0.15) is 11.1 Å². The zero-order valence-corrected chi connectivity index (χ0v) is 16.9. The summed E-state index contributed by atoms with van der Waals surface area (Å²) in [6.07, 6.45) is -0.101. The summed E-state index contributed by atoms with van der Waals surface area (Å²) in [4.78, 5) is 20.1. The van der Waals surface area contributed by atoms with Crippen molar-refractivity contribution >= 4 is 23.5 Å². The highest BCUT2D eigenvalue weighted by molar-refractivity contribution is 7.99. The fourth-order valence-corrected chi connectivity index (χ4v) is 3.45. The molecule has 0 atom stereocenters. The number of anilines is 1. The fourth-order valence-electron chi connectivity index (χ4n) is 2.65. The molecule has 3 rings (SSSR count). The minimum Gasteiger partial charge on any atom is -0.368 e. The van der Waals surface area contributed by atoms with Crippen molar-refractivity contribution in [2.75, 3.05) is 24.2 Å². The Hall–Kier alpha value is -3.01. The monoisotopic (exact) mass is 435 g/mol. The van der Waals surface area contributed by atoms with E-state index >= 15 is 0 Å². The zero-order valence-electron chi connectivity index (χ0n) is 16.1. The third-order valence-electron chi connectivity index (χ3n) is 4.16. The first kappa shape index (κ1) is 21.7. The molecule has 0 aliphatic heterocycles. The van der Waals surface area contributed by atoms with E-state index in [2.05, 4.69) is 20.6 Å². The Morgan fingerprint density at radius 1 is 1.13 bits per heavy atom. The minimum absolute atomic E-state index is 0.165. The minimum atomic E-state index is -4.41. The molecule has 2 N–H and O–H groups in total. The molecule has 0 bridgehead atoms. The number of hydrogen-bond donors (Lipinski definition) is 2. The summed E-state index contributed by atoms with van der Waals surface area (Å²) in [5.41, 5.74) is 1.30. The first-order valence-corrected chi connectivity index (χ1v) is 10.1. The topological polar surface area (TPSA) is 71.8 Å². The Bertz CT molecular complexity index is 989. The van der Waals surface area contributed by atoms with Crippen LogP contribution in [-0.4, -0.2) is 39.3 Å². The molecule has 2 aromatic heterocycles. The number of thioether (sulfide) groups is 1. The summed E-state index contributed by atoms with van der Waals surface area (Å²) in [5, 5.41) is 6.34. The van der Waals surface area contributed by atoms with Crippen molar-refractivity contribution in [3.63, 3.8) is 0 Å². The number of imidazole rings is 1. The van der Waals surface area contributed by atoms with E-state index in [4.69, 9.17) is 0 Å². The third kappa shape index (κ3) is 5.76. The Balaban J connectivity index is 1.42. The maximum Gasteiger partial charge on any atom is 0.417 e. The van der Waals surface area contributed by atoms with Gasteiger partial charge in [0.15, 0.2) is 5.16 Å². The van der Waals surface area contributed by atoms with Gasteiger partial charge in [0.2, 0.25) is 5.91 Å². The Morgan fingerprint density at radius 2 is 1.93 bits per heavy atom. The first-order valence-electron chi connectivity index (χ1n) is 9.10. The number of halogens is 3. The highest BCUT2D eigenvalue weighted by Gasteiger charge is 2.30. The van der Waals surface area contributed by atoms with Crippen molar-refractivity contribution in [3.05, 3.63) is 66.1 Å². The SMILES string of the molecule is Cc1ccccc1-n1ccnc1SCC(=O)NCCNc1ccc(C(F)(F)F)cn1. The highest BCUT2D eigenvalue weighted by atomic mass is 32.2. The van der Waals surface area contributed by atoms with Crippen LogP contribution in [0.15, 0.2) is 60.1 Å². The molecule has 0 unspecified atom stereocenters. The standard InChI is InChI=1S/C20H20F3N5OS/c1-14-4-2-3-5-16(14)28-11-10-26-19(28)30-13-18(29)25-9-8-24-17-7-6-15(12-27-17)20(21,22)23/h2-7,10-12H,8-9,13H2,1H3,(H,24,27)(H,25,29). The van der Waals surface area contributed by atoms with Gasteiger partial charge in [-0.25, -0.2) is 9.97 Å². The molecule has 30 heavy (non-hydrogen) atoms. The van der Waals surface area contributed by atoms with Gasteiger partial charge in [-0.3, -0.25) is 9.36 Å². The average Bonchev–Trinajstić information content (AvgIpc) is 3.18. The van der Waals surface area contributed by atoms with Gasteiger partial charge in [-0.05, 0) is 30.7 Å². The largest absolute Gasteiger partial charge is 0.417 e. The molecule has 0 fully saturated rings. The molecule has 1 aromatic carbocycles. The molecule has 158 valence electrons. The second-order valence-corrected chi connectivity index (χ2v) is 7.30. The average molecular weight is 435 g/mol. The number of aromatic nitrogens is 3. The highest BCUT2D eigenvalue weighted by Crippen LogP contribution is 2.28. The van der Waals surface area contributed by atoms with Gasteiger partial charge in [-0.15, -0.1) is 0 Å². The smallest absolute Gasteiger partial charge is 0.368 e. The van der Waals surface area contributed by atoms with Crippen molar-refractivity contribution in [2.24, 2.45) is 0 Å². The molecule has 0 saturated heterocycles. The van der Waals surface area contributed by atoms with E-state index in [-0.39, 0.29) is 11.7 Å². The number of carbonyl (C=O) groups excluding carboxylic acids is 1. The molecule has 3 aromatic rings. The number of nitrogens with zero attached hydrogens (tertiary/aromatic N) is 3. The predicted molar refractivity (Wildman–Crippen MR) is 110 cm³/mol. The van der Waals surface area contributed by atoms with Crippen LogP contribution in [0.2, 0.25) is 0 Å². The Morgan fingerprint density at radius 3 is 2.63 bits per heavy atom. The Labute approximate surface area is 175 Å². The van der Waals surface area contributed by atoms with Gasteiger partial charge in [0.25, 0.3) is 0 Å². The quantitative estimate of drug-likeness (QED) is 0.415. The number of carbonyl (C=O) groups is 1. The molecule has 0 aliphatic carbocycles. The van der Waals surface area contributed by atoms with E-state index in [0.717, 1.165) is 23.5 Å². The number of aryl methyl sites for hydroxylation is 1. The molecule has 0 saturated carbocycles. The molecule has 0 radical (unpaired) electrons. The van der Waals surface area contributed by atoms with E-state index < -0.39 is 11.7 Å². The molecule has 0 spiro atoms. The number of para-hydroxylation sites is 1. The van der Waals surface area contributed by atoms with Crippen molar-refractivity contribution < 1.29 is 18.0 Å². The van der Waals surface area contributed by atoms with Gasteiger partial charge in [0, 0.05) is 31.7 Å². The summed E-state index contributed by atoms with van der Waals surface area (Å²) in [6, 6.07) is 10.1. The number of alkyl halides is 3. The van der Waals surface area contributed by atoms with Crippen molar-refractivity contribution in [3.8, 4) is 5.69 Å². The van der Waals surface area contributed by atoms with Gasteiger partial charge < -0.3 is 10.6 Å². The first-order chi connectivity index (χ1) is 14.3. The second kappa shape index (κ2) is 9.66. The van der Waals surface area contributed by atoms with Gasteiger partial charge in [0.05, 0.1) is 17.0 Å². The lowest BCUT2D eigenvalue weighted by Gasteiger charge is -2.11. The molecule has 2 heterocycles. The van der Waals surface area contributed by atoms with Crippen LogP contribution in [0.25, 0.3) is 5.69 Å². The van der Waals surface area contributed by atoms with Crippen LogP contribution in [0, 0.1) is 6.92 Å². The van der Waals surface area contributed by atoms with Crippen LogP contribution in [0.5, 0.6) is 0 Å². The lowest BCUT2D eigenvalue weighted by Crippen LogP contribution is -2.30. The molecule has 0 aliphatic rings. The number of amides is 1. The predicted octanol–water partition coefficient (Wildman–Crippen LogP) is 3.91. The number of hydrogen-bond acceptors (Lipinski definition) is 5. The van der Waals surface area contributed by atoms with Gasteiger partial charge in [0.1, 0.15) is 5.82 Å². The summed E-state index contributed by atoms with van der Waals surface area (Å²) >= 11 is 1.32. The molecular formula is C20H20F3N5OS. The number of pyridine rings is 1. The summed E-state index contributed by atoms with van der Waals surface area (Å²) < 4.78 is 39.5. The Kier molecular flexibility index (Phi) is 6.99. The van der Waals surface area contributed by atoms with E-state index in [1.54, 1.807) is 6.20 Å². The van der Waals surface area contributed by atoms with Crippen molar-refractivity contribution in [1.82, 2.24) is 19.9 Å². The van der Waals surface area contributed by atoms with Crippen LogP contribution >= 0.6 is 11.8 Å². The van der Waals surface area contributed by atoms with Crippen LogP contribution in [0.4, 0.5) is 19.0 Å². The zero-order chi connectivity index (χ0) is 21.6. The molecule has 1 amide bonds. The third-order valence-corrected chi connectivity index (χ3v) is 5.13. The lowest BCUT2D eigenvalue weighted by molar-refractivity contribution is -0.137. The lowest BCUT2D eigenvalue weighted by atomic mass is 10.2. The van der Waals surface area contributed by atoms with E-state index in [1.807, 2.05) is 42.0 Å². The van der Waals surface area contributed by atoms with Gasteiger partial charge >= 0.3 is 6.18 Å². The normalized spacial score (nSPS) is 11.3. The van der Waals surface area contributed by atoms with E-state index in [1.165, 1.54) is 17.8 Å². The second-order valence-electron chi connectivity index (χ2n) is 6.36. The fraction of sp³-hybridized carbons (Fsp3) is 0.250. The number of nitrogens with one attached hydrogen (secondary N) is 2. The van der Waals surface area contributed by atoms with Crippen molar-refractivity contribution in [2.45, 2.75) is 18.3 Å². The van der Waals surface area contributed by atoms with E-state index in [0.29, 0.717) is 24.1 Å². The molecule has 10 heteroatoms. The van der Waals surface area contributed by atoms with Crippen LogP contribution in [0.3, 0.4) is 0 Å².